The molecule has 2 nitrogen and oxygen atoms in total. The summed E-state index contributed by atoms with van der Waals surface area (Å²) in [7, 11) is 0. The molecule has 0 spiro atoms. The number of benzene rings is 1. The van der Waals surface area contributed by atoms with E-state index in [2.05, 4.69) is 4.74 Å². The molecule has 0 unspecified atom stereocenters. The molecule has 0 aliphatic rings. The van der Waals surface area contributed by atoms with Crippen molar-refractivity contribution in [2.45, 2.75) is 33.1 Å². The lowest BCUT2D eigenvalue weighted by Crippen LogP contribution is -2.12. The van der Waals surface area contributed by atoms with Crippen LogP contribution in [-0.2, 0) is 4.79 Å². The molecular formula is C12H12F4O2. The van der Waals surface area contributed by atoms with Crippen LogP contribution >= 0.6 is 0 Å². The van der Waals surface area contributed by atoms with E-state index in [1.165, 1.54) is 0 Å². The predicted octanol–water partition coefficient (Wildman–Crippen LogP) is 3.65. The van der Waals surface area contributed by atoms with E-state index in [9.17, 15) is 22.4 Å². The molecule has 100 valence electrons. The van der Waals surface area contributed by atoms with Gasteiger partial charge in [0.15, 0.2) is 17.4 Å². The van der Waals surface area contributed by atoms with E-state index in [1.54, 1.807) is 0 Å². The third-order valence-corrected chi connectivity index (χ3v) is 2.40. The van der Waals surface area contributed by atoms with Crippen LogP contribution in [0.1, 0.15) is 31.7 Å². The Labute approximate surface area is 102 Å². The van der Waals surface area contributed by atoms with Gasteiger partial charge < -0.3 is 4.74 Å². The number of esters is 1. The normalized spacial score (nSPS) is 10.6. The van der Waals surface area contributed by atoms with Crippen LogP contribution in [0.5, 0.6) is 5.75 Å². The lowest BCUT2D eigenvalue weighted by molar-refractivity contribution is -0.134. The summed E-state index contributed by atoms with van der Waals surface area (Å²) in [6, 6.07) is 0. The smallest absolute Gasteiger partial charge is 0.311 e. The average molecular weight is 264 g/mol. The zero-order valence-corrected chi connectivity index (χ0v) is 9.95. The maximum atomic E-state index is 13.3. The first-order valence-electron chi connectivity index (χ1n) is 5.43. The summed E-state index contributed by atoms with van der Waals surface area (Å²) in [4.78, 5) is 11.3. The minimum Gasteiger partial charge on any atom is -0.423 e. The molecule has 0 fully saturated rings. The minimum atomic E-state index is -1.99. The second kappa shape index (κ2) is 5.84. The topological polar surface area (TPSA) is 26.3 Å². The maximum Gasteiger partial charge on any atom is 0.311 e. The van der Waals surface area contributed by atoms with Crippen LogP contribution in [0.4, 0.5) is 17.6 Å². The molecule has 0 aliphatic heterocycles. The van der Waals surface area contributed by atoms with E-state index < -0.39 is 40.6 Å². The summed E-state index contributed by atoms with van der Waals surface area (Å²) in [6.07, 6.45) is 1.21. The molecule has 0 saturated carbocycles. The predicted molar refractivity (Wildman–Crippen MR) is 56.2 cm³/mol. The number of carbonyl (C=O) groups is 1. The fourth-order valence-corrected chi connectivity index (χ4v) is 1.33. The van der Waals surface area contributed by atoms with E-state index in [-0.39, 0.29) is 6.42 Å². The van der Waals surface area contributed by atoms with Crippen LogP contribution < -0.4 is 4.74 Å². The van der Waals surface area contributed by atoms with Gasteiger partial charge in [0.05, 0.1) is 0 Å². The van der Waals surface area contributed by atoms with Gasteiger partial charge in [0.25, 0.3) is 0 Å². The summed E-state index contributed by atoms with van der Waals surface area (Å²) >= 11 is 0. The van der Waals surface area contributed by atoms with Gasteiger partial charge in [0.2, 0.25) is 11.6 Å². The van der Waals surface area contributed by atoms with Crippen LogP contribution in [0.3, 0.4) is 0 Å². The molecule has 0 bridgehead atoms. The van der Waals surface area contributed by atoms with Gasteiger partial charge in [0, 0.05) is 12.0 Å². The summed E-state index contributed by atoms with van der Waals surface area (Å²) in [6.45, 7) is 2.83. The van der Waals surface area contributed by atoms with Crippen LogP contribution in [0.15, 0.2) is 0 Å². The van der Waals surface area contributed by atoms with Gasteiger partial charge in [-0.05, 0) is 13.3 Å². The van der Waals surface area contributed by atoms with Gasteiger partial charge in [-0.3, -0.25) is 4.79 Å². The molecule has 0 aliphatic carbocycles. The van der Waals surface area contributed by atoms with E-state index >= 15 is 0 Å². The SMILES string of the molecule is CCCCC(=O)Oc1c(C)c(F)c(F)c(F)c1F. The van der Waals surface area contributed by atoms with Crippen molar-refractivity contribution in [3.8, 4) is 5.75 Å². The molecule has 0 heterocycles. The third-order valence-electron chi connectivity index (χ3n) is 2.40. The van der Waals surface area contributed by atoms with Crippen molar-refractivity contribution in [3.05, 3.63) is 28.8 Å². The summed E-state index contributed by atoms with van der Waals surface area (Å²) in [5, 5.41) is 0. The molecule has 1 aromatic rings. The number of rotatable bonds is 4. The number of carbonyl (C=O) groups excluding carboxylic acids is 1. The highest BCUT2D eigenvalue weighted by Crippen LogP contribution is 2.30. The molecule has 1 rings (SSSR count). The maximum absolute atomic E-state index is 13.3. The highest BCUT2D eigenvalue weighted by atomic mass is 19.2. The summed E-state index contributed by atoms with van der Waals surface area (Å²) in [5.41, 5.74) is -0.573. The Morgan fingerprint density at radius 1 is 1.06 bits per heavy atom. The molecule has 6 heteroatoms. The van der Waals surface area contributed by atoms with Crippen molar-refractivity contribution in [2.75, 3.05) is 0 Å². The van der Waals surface area contributed by atoms with Crippen molar-refractivity contribution in [2.24, 2.45) is 0 Å². The van der Waals surface area contributed by atoms with Crippen LogP contribution in [0, 0.1) is 30.2 Å². The van der Waals surface area contributed by atoms with E-state index in [4.69, 9.17) is 0 Å². The largest absolute Gasteiger partial charge is 0.423 e. The van der Waals surface area contributed by atoms with Crippen molar-refractivity contribution < 1.29 is 27.1 Å². The third kappa shape index (κ3) is 2.80. The number of halogens is 4. The lowest BCUT2D eigenvalue weighted by atomic mass is 10.2. The Morgan fingerprint density at radius 3 is 2.17 bits per heavy atom. The van der Waals surface area contributed by atoms with Gasteiger partial charge in [-0.25, -0.2) is 13.2 Å². The molecule has 0 atom stereocenters. The summed E-state index contributed by atoms with van der Waals surface area (Å²) < 4.78 is 56.8. The van der Waals surface area contributed by atoms with E-state index in [0.717, 1.165) is 6.92 Å². The minimum absolute atomic E-state index is 0.00397. The zero-order chi connectivity index (χ0) is 13.9. The quantitative estimate of drug-likeness (QED) is 0.273. The Morgan fingerprint density at radius 2 is 1.61 bits per heavy atom. The van der Waals surface area contributed by atoms with Crippen LogP contribution in [-0.4, -0.2) is 5.97 Å². The lowest BCUT2D eigenvalue weighted by Gasteiger charge is -2.10. The van der Waals surface area contributed by atoms with E-state index in [1.807, 2.05) is 6.92 Å². The average Bonchev–Trinajstić information content (AvgIpc) is 2.36. The van der Waals surface area contributed by atoms with Crippen molar-refractivity contribution in [1.29, 1.82) is 0 Å². The molecule has 18 heavy (non-hydrogen) atoms. The first-order valence-corrected chi connectivity index (χ1v) is 5.43. The standard InChI is InChI=1S/C12H12F4O2/c1-3-4-5-7(17)18-12-6(2)8(13)9(14)10(15)11(12)16/h3-5H2,1-2H3. The molecular weight excluding hydrogens is 252 g/mol. The van der Waals surface area contributed by atoms with Gasteiger partial charge in [-0.15, -0.1) is 0 Å². The number of ether oxygens (including phenoxy) is 1. The summed E-state index contributed by atoms with van der Waals surface area (Å²) in [5.74, 6) is -8.88. The molecule has 0 radical (unpaired) electrons. The second-order valence-corrected chi connectivity index (χ2v) is 3.79. The molecule has 1 aromatic carbocycles. The Hall–Kier alpha value is -1.59. The Balaban J connectivity index is 3.06. The zero-order valence-electron chi connectivity index (χ0n) is 9.95. The highest BCUT2D eigenvalue weighted by molar-refractivity contribution is 5.72. The van der Waals surface area contributed by atoms with Gasteiger partial charge in [0.1, 0.15) is 0 Å². The second-order valence-electron chi connectivity index (χ2n) is 3.79. The monoisotopic (exact) mass is 264 g/mol. The van der Waals surface area contributed by atoms with Crippen molar-refractivity contribution in [3.63, 3.8) is 0 Å². The van der Waals surface area contributed by atoms with Gasteiger partial charge >= 0.3 is 5.97 Å². The first-order chi connectivity index (χ1) is 8.40. The molecule has 0 saturated heterocycles. The Bertz CT molecular complexity index is 443. The van der Waals surface area contributed by atoms with Crippen molar-refractivity contribution in [1.82, 2.24) is 0 Å². The fourth-order valence-electron chi connectivity index (χ4n) is 1.33. The van der Waals surface area contributed by atoms with Crippen LogP contribution in [0.25, 0.3) is 0 Å². The highest BCUT2D eigenvalue weighted by Gasteiger charge is 2.25. The number of unbranched alkanes of at least 4 members (excludes halogenated alkanes) is 1. The molecule has 0 aromatic heterocycles. The number of hydrogen-bond acceptors (Lipinski definition) is 2. The number of hydrogen-bond donors (Lipinski definition) is 0. The van der Waals surface area contributed by atoms with Gasteiger partial charge in [-0.2, -0.15) is 4.39 Å². The fraction of sp³-hybridized carbons (Fsp3) is 0.417. The molecule has 0 N–H and O–H groups in total. The van der Waals surface area contributed by atoms with E-state index in [0.29, 0.717) is 12.8 Å². The Kier molecular flexibility index (Phi) is 4.69. The van der Waals surface area contributed by atoms with Crippen molar-refractivity contribution >= 4 is 5.97 Å². The van der Waals surface area contributed by atoms with Crippen LogP contribution in [0.2, 0.25) is 0 Å². The molecule has 0 amide bonds. The van der Waals surface area contributed by atoms with Gasteiger partial charge in [-0.1, -0.05) is 13.3 Å². The first kappa shape index (κ1) is 14.5.